The molecule has 3 heteroatoms. The molecule has 1 aromatic rings. The monoisotopic (exact) mass is 261 g/mol. The second-order valence-corrected chi connectivity index (χ2v) is 6.02. The van der Waals surface area contributed by atoms with E-state index in [9.17, 15) is 0 Å². The first-order chi connectivity index (χ1) is 9.22. The van der Waals surface area contributed by atoms with Crippen LogP contribution in [-0.4, -0.2) is 24.6 Å². The average Bonchev–Trinajstić information content (AvgIpc) is 2.91. The van der Waals surface area contributed by atoms with Gasteiger partial charge in [-0.2, -0.15) is 0 Å². The van der Waals surface area contributed by atoms with E-state index in [2.05, 4.69) is 35.1 Å². The lowest BCUT2D eigenvalue weighted by Gasteiger charge is -2.34. The highest BCUT2D eigenvalue weighted by Crippen LogP contribution is 2.30. The van der Waals surface area contributed by atoms with Gasteiger partial charge in [0.05, 0.1) is 0 Å². The highest BCUT2D eigenvalue weighted by Gasteiger charge is 2.24. The van der Waals surface area contributed by atoms with Crippen molar-refractivity contribution in [1.29, 1.82) is 0 Å². The summed E-state index contributed by atoms with van der Waals surface area (Å²) in [5.74, 6) is 0.691. The van der Waals surface area contributed by atoms with Gasteiger partial charge in [-0.25, -0.2) is 0 Å². The van der Waals surface area contributed by atoms with Gasteiger partial charge in [0.25, 0.3) is 0 Å². The zero-order valence-electron chi connectivity index (χ0n) is 12.5. The summed E-state index contributed by atoms with van der Waals surface area (Å²) < 4.78 is 0. The van der Waals surface area contributed by atoms with Crippen molar-refractivity contribution in [2.75, 3.05) is 18.5 Å². The highest BCUT2D eigenvalue weighted by molar-refractivity contribution is 5.53. The Morgan fingerprint density at radius 3 is 2.74 bits per heavy atom. The topological polar surface area (TPSA) is 28.2 Å². The number of anilines is 1. The fourth-order valence-electron chi connectivity index (χ4n) is 3.08. The van der Waals surface area contributed by atoms with Crippen molar-refractivity contribution in [2.45, 2.75) is 52.1 Å². The molecule has 1 fully saturated rings. The van der Waals surface area contributed by atoms with E-state index in [1.54, 1.807) is 0 Å². The van der Waals surface area contributed by atoms with Crippen LogP contribution in [0, 0.1) is 5.92 Å². The third-order valence-electron chi connectivity index (χ3n) is 3.88. The lowest BCUT2D eigenvalue weighted by molar-refractivity contribution is 0.533. The molecule has 0 bridgehead atoms. The number of hydrogen-bond donors (Lipinski definition) is 1. The van der Waals surface area contributed by atoms with Crippen LogP contribution >= 0.6 is 0 Å². The van der Waals surface area contributed by atoms with E-state index in [-0.39, 0.29) is 0 Å². The molecule has 0 unspecified atom stereocenters. The van der Waals surface area contributed by atoms with Crippen molar-refractivity contribution in [3.05, 3.63) is 24.0 Å². The van der Waals surface area contributed by atoms with E-state index in [1.807, 2.05) is 19.4 Å². The first-order valence-corrected chi connectivity index (χ1v) is 7.56. The lowest BCUT2D eigenvalue weighted by atomic mass is 10.1. The van der Waals surface area contributed by atoms with Crippen molar-refractivity contribution in [2.24, 2.45) is 5.92 Å². The molecule has 1 aliphatic carbocycles. The van der Waals surface area contributed by atoms with Crippen LogP contribution in [0.15, 0.2) is 18.5 Å². The molecule has 0 radical (unpaired) electrons. The summed E-state index contributed by atoms with van der Waals surface area (Å²) in [6, 6.07) is 2.91. The van der Waals surface area contributed by atoms with E-state index in [1.165, 1.54) is 36.9 Å². The second kappa shape index (κ2) is 6.90. The Kier molecular flexibility index (Phi) is 5.20. The summed E-state index contributed by atoms with van der Waals surface area (Å²) in [4.78, 5) is 6.92. The van der Waals surface area contributed by atoms with Crippen LogP contribution in [0.3, 0.4) is 0 Å². The first-order valence-electron chi connectivity index (χ1n) is 7.56. The van der Waals surface area contributed by atoms with Crippen molar-refractivity contribution >= 4 is 5.69 Å². The SMILES string of the molecule is CNCc1cnccc1N(CC(C)C)C1CCCC1. The maximum absolute atomic E-state index is 4.29. The standard InChI is InChI=1S/C16H27N3/c1-13(2)12-19(15-6-4-5-7-15)16-8-9-18-11-14(16)10-17-3/h8-9,11,13,15,17H,4-7,10,12H2,1-3H3. The van der Waals surface area contributed by atoms with Crippen molar-refractivity contribution in [3.8, 4) is 0 Å². The molecule has 19 heavy (non-hydrogen) atoms. The van der Waals surface area contributed by atoms with Gasteiger partial charge in [-0.1, -0.05) is 26.7 Å². The minimum atomic E-state index is 0.691. The summed E-state index contributed by atoms with van der Waals surface area (Å²) in [6.07, 6.45) is 9.38. The number of pyridine rings is 1. The molecule has 0 aromatic carbocycles. The maximum Gasteiger partial charge on any atom is 0.0445 e. The maximum atomic E-state index is 4.29. The number of nitrogens with zero attached hydrogens (tertiary/aromatic N) is 2. The smallest absolute Gasteiger partial charge is 0.0445 e. The van der Waals surface area contributed by atoms with Crippen LogP contribution in [0.5, 0.6) is 0 Å². The van der Waals surface area contributed by atoms with Crippen molar-refractivity contribution in [1.82, 2.24) is 10.3 Å². The van der Waals surface area contributed by atoms with Gasteiger partial charge >= 0.3 is 0 Å². The first kappa shape index (κ1) is 14.3. The Labute approximate surface area is 117 Å². The molecule has 1 N–H and O–H groups in total. The fraction of sp³-hybridized carbons (Fsp3) is 0.688. The number of nitrogens with one attached hydrogen (secondary N) is 1. The Bertz CT molecular complexity index is 383. The third kappa shape index (κ3) is 3.69. The van der Waals surface area contributed by atoms with Crippen LogP contribution < -0.4 is 10.2 Å². The highest BCUT2D eigenvalue weighted by atomic mass is 15.2. The zero-order valence-corrected chi connectivity index (χ0v) is 12.5. The Morgan fingerprint density at radius 2 is 2.11 bits per heavy atom. The number of rotatable bonds is 6. The Morgan fingerprint density at radius 1 is 1.37 bits per heavy atom. The number of hydrogen-bond acceptors (Lipinski definition) is 3. The Balaban J connectivity index is 2.25. The average molecular weight is 261 g/mol. The molecule has 0 spiro atoms. The van der Waals surface area contributed by atoms with Crippen LogP contribution in [0.2, 0.25) is 0 Å². The zero-order chi connectivity index (χ0) is 13.7. The molecule has 0 aliphatic heterocycles. The van der Waals surface area contributed by atoms with E-state index in [0.717, 1.165) is 19.1 Å². The van der Waals surface area contributed by atoms with Gasteiger partial charge < -0.3 is 10.2 Å². The van der Waals surface area contributed by atoms with Crippen molar-refractivity contribution in [3.63, 3.8) is 0 Å². The fourth-order valence-corrected chi connectivity index (χ4v) is 3.08. The molecule has 0 amide bonds. The molecule has 0 atom stereocenters. The molecule has 1 saturated carbocycles. The predicted octanol–water partition coefficient (Wildman–Crippen LogP) is 3.21. The third-order valence-corrected chi connectivity index (χ3v) is 3.88. The summed E-state index contributed by atoms with van der Waals surface area (Å²) in [5, 5.41) is 3.26. The summed E-state index contributed by atoms with van der Waals surface area (Å²) in [6.45, 7) is 6.65. The van der Waals surface area contributed by atoms with Gasteiger partial charge in [-0.15, -0.1) is 0 Å². The van der Waals surface area contributed by atoms with Gasteiger partial charge in [-0.3, -0.25) is 4.98 Å². The van der Waals surface area contributed by atoms with E-state index in [4.69, 9.17) is 0 Å². The van der Waals surface area contributed by atoms with Gasteiger partial charge in [0.2, 0.25) is 0 Å². The van der Waals surface area contributed by atoms with Gasteiger partial charge in [0.15, 0.2) is 0 Å². The van der Waals surface area contributed by atoms with Crippen LogP contribution in [0.1, 0.15) is 45.1 Å². The number of aromatic nitrogens is 1. The van der Waals surface area contributed by atoms with Crippen LogP contribution in [0.4, 0.5) is 5.69 Å². The summed E-state index contributed by atoms with van der Waals surface area (Å²) in [5.41, 5.74) is 2.70. The molecule has 1 aliphatic rings. The lowest BCUT2D eigenvalue weighted by Crippen LogP contribution is -2.37. The molecule has 106 valence electrons. The molecule has 0 saturated heterocycles. The molecule has 1 aromatic heterocycles. The van der Waals surface area contributed by atoms with Gasteiger partial charge in [0, 0.05) is 42.8 Å². The minimum Gasteiger partial charge on any atom is -0.368 e. The van der Waals surface area contributed by atoms with E-state index < -0.39 is 0 Å². The molecule has 1 heterocycles. The minimum absolute atomic E-state index is 0.691. The second-order valence-electron chi connectivity index (χ2n) is 6.02. The molecule has 3 nitrogen and oxygen atoms in total. The van der Waals surface area contributed by atoms with Gasteiger partial charge in [0.1, 0.15) is 0 Å². The largest absolute Gasteiger partial charge is 0.368 e. The quantitative estimate of drug-likeness (QED) is 0.852. The molecule has 2 rings (SSSR count). The van der Waals surface area contributed by atoms with E-state index in [0.29, 0.717) is 5.92 Å². The summed E-state index contributed by atoms with van der Waals surface area (Å²) >= 11 is 0. The Hall–Kier alpha value is -1.09. The van der Waals surface area contributed by atoms with Crippen LogP contribution in [-0.2, 0) is 6.54 Å². The normalized spacial score (nSPS) is 16.2. The van der Waals surface area contributed by atoms with Crippen molar-refractivity contribution < 1.29 is 0 Å². The summed E-state index contributed by atoms with van der Waals surface area (Å²) in [7, 11) is 2.00. The molecular formula is C16H27N3. The van der Waals surface area contributed by atoms with Crippen LogP contribution in [0.25, 0.3) is 0 Å². The van der Waals surface area contributed by atoms with E-state index >= 15 is 0 Å². The van der Waals surface area contributed by atoms with Gasteiger partial charge in [-0.05, 0) is 31.9 Å². The molecular weight excluding hydrogens is 234 g/mol. The predicted molar refractivity (Wildman–Crippen MR) is 81.4 cm³/mol.